The Kier molecular flexibility index (Phi) is 7.57. The number of fused-ring (bicyclic) bond motifs is 3. The molecular weight excluding hydrogens is 466 g/mol. The molecule has 1 aromatic carbocycles. The van der Waals surface area contributed by atoms with E-state index in [0.717, 1.165) is 46.7 Å². The fraction of sp³-hybridized carbons (Fsp3) is 0.423. The van der Waals surface area contributed by atoms with Crippen molar-refractivity contribution in [3.63, 3.8) is 0 Å². The molecule has 1 unspecified atom stereocenters. The minimum atomic E-state index is -0.598. The highest BCUT2D eigenvalue weighted by atomic mass is 32.1. The molecule has 0 aliphatic carbocycles. The van der Waals surface area contributed by atoms with E-state index in [2.05, 4.69) is 24.9 Å². The third-order valence-electron chi connectivity index (χ3n) is 6.16. The molecule has 0 radical (unpaired) electrons. The minimum absolute atomic E-state index is 0.0512. The van der Waals surface area contributed by atoms with E-state index in [4.69, 9.17) is 19.9 Å². The molecular formula is C26H31N3O5S. The zero-order valence-corrected chi connectivity index (χ0v) is 21.3. The molecule has 1 aliphatic heterocycles. The summed E-state index contributed by atoms with van der Waals surface area (Å²) < 4.78 is 18.5. The summed E-state index contributed by atoms with van der Waals surface area (Å²) in [5, 5.41) is 2.37. The van der Waals surface area contributed by atoms with Gasteiger partial charge in [0.05, 0.1) is 24.6 Å². The average molecular weight is 498 g/mol. The highest BCUT2D eigenvalue weighted by Gasteiger charge is 2.30. The van der Waals surface area contributed by atoms with Gasteiger partial charge in [-0.05, 0) is 37.0 Å². The zero-order chi connectivity index (χ0) is 25.1. The van der Waals surface area contributed by atoms with Gasteiger partial charge in [-0.1, -0.05) is 13.8 Å². The van der Waals surface area contributed by atoms with Gasteiger partial charge in [-0.2, -0.15) is 0 Å². The van der Waals surface area contributed by atoms with Crippen LogP contribution in [0.2, 0.25) is 0 Å². The maximum atomic E-state index is 12.9. The molecule has 4 rings (SSSR count). The number of aromatic nitrogens is 2. The number of carbonyl (C=O) groups is 1. The van der Waals surface area contributed by atoms with E-state index in [1.165, 1.54) is 17.4 Å². The number of thiazole rings is 1. The summed E-state index contributed by atoms with van der Waals surface area (Å²) in [7, 11) is 1.67. The van der Waals surface area contributed by atoms with Crippen LogP contribution in [0, 0.1) is 5.92 Å². The maximum Gasteiger partial charge on any atom is 0.343 e. The number of pyridine rings is 1. The molecule has 0 spiro atoms. The van der Waals surface area contributed by atoms with Gasteiger partial charge in [0.2, 0.25) is 0 Å². The fourth-order valence-corrected chi connectivity index (χ4v) is 4.99. The second kappa shape index (κ2) is 10.6. The van der Waals surface area contributed by atoms with Crippen LogP contribution in [0.15, 0.2) is 34.6 Å². The molecule has 0 amide bonds. The van der Waals surface area contributed by atoms with Crippen LogP contribution < -0.4 is 15.9 Å². The third-order valence-corrected chi connectivity index (χ3v) is 6.83. The van der Waals surface area contributed by atoms with Crippen LogP contribution in [0.25, 0.3) is 22.5 Å². The molecule has 0 saturated heterocycles. The number of hydrogen-bond donors (Lipinski definition) is 1. The first-order valence-electron chi connectivity index (χ1n) is 11.8. The van der Waals surface area contributed by atoms with Gasteiger partial charge in [-0.25, -0.2) is 9.78 Å². The van der Waals surface area contributed by atoms with Gasteiger partial charge >= 0.3 is 5.97 Å². The van der Waals surface area contributed by atoms with Crippen molar-refractivity contribution in [1.82, 2.24) is 9.55 Å². The molecule has 1 aliphatic rings. The fourth-order valence-electron chi connectivity index (χ4n) is 4.43. The Morgan fingerprint density at radius 3 is 2.71 bits per heavy atom. The molecule has 35 heavy (non-hydrogen) atoms. The Labute approximate surface area is 208 Å². The molecule has 9 heteroatoms. The molecule has 3 heterocycles. The standard InChI is InChI=1S/C26H31N3O5S/c1-5-33-25(31)19-13-29-21(15(2)3)9-16-10-24(34-8-6-7-32-4)18(20-14-35-26(27)28-20)11-17(16)22(29)12-23(19)30/h10-15,21H,5-9H2,1-4H3,(H2,27,28). The predicted octanol–water partition coefficient (Wildman–Crippen LogP) is 4.57. The molecule has 186 valence electrons. The Hall–Kier alpha value is -3.17. The number of nitrogens with zero attached hydrogens (tertiary/aromatic N) is 2. The first-order valence-corrected chi connectivity index (χ1v) is 12.7. The van der Waals surface area contributed by atoms with Crippen molar-refractivity contribution in [2.75, 3.05) is 32.7 Å². The van der Waals surface area contributed by atoms with Crippen molar-refractivity contribution in [1.29, 1.82) is 0 Å². The Morgan fingerprint density at radius 1 is 1.26 bits per heavy atom. The van der Waals surface area contributed by atoms with Gasteiger partial charge in [0, 0.05) is 54.9 Å². The molecule has 0 saturated carbocycles. The topological polar surface area (TPSA) is 106 Å². The van der Waals surface area contributed by atoms with Crippen LogP contribution >= 0.6 is 11.3 Å². The summed E-state index contributed by atoms with van der Waals surface area (Å²) in [6.07, 6.45) is 3.15. The van der Waals surface area contributed by atoms with E-state index in [0.29, 0.717) is 18.3 Å². The smallest absolute Gasteiger partial charge is 0.343 e. The second-order valence-corrected chi connectivity index (χ2v) is 9.74. The number of methoxy groups -OCH3 is 1. The normalized spacial score (nSPS) is 14.5. The van der Waals surface area contributed by atoms with Gasteiger partial charge in [-0.15, -0.1) is 11.3 Å². The van der Waals surface area contributed by atoms with Crippen molar-refractivity contribution in [3.05, 3.63) is 51.1 Å². The van der Waals surface area contributed by atoms with E-state index in [1.807, 2.05) is 16.0 Å². The lowest BCUT2D eigenvalue weighted by Gasteiger charge is -2.34. The number of ether oxygens (including phenoxy) is 3. The molecule has 0 bridgehead atoms. The third kappa shape index (κ3) is 5.11. The van der Waals surface area contributed by atoms with Gasteiger partial charge in [-0.3, -0.25) is 4.79 Å². The molecule has 3 aromatic rings. The SMILES string of the molecule is CCOC(=O)c1cn2c(cc1=O)-c1cc(-c3csc(N)n3)c(OCCCOC)cc1CC2C(C)C. The van der Waals surface area contributed by atoms with Crippen LogP contribution in [-0.4, -0.2) is 42.5 Å². The summed E-state index contributed by atoms with van der Waals surface area (Å²) in [4.78, 5) is 29.8. The zero-order valence-electron chi connectivity index (χ0n) is 20.5. The van der Waals surface area contributed by atoms with Crippen molar-refractivity contribution in [2.45, 2.75) is 39.7 Å². The van der Waals surface area contributed by atoms with Gasteiger partial charge in [0.25, 0.3) is 0 Å². The number of hydrogen-bond acceptors (Lipinski definition) is 8. The number of rotatable bonds is 9. The van der Waals surface area contributed by atoms with Crippen molar-refractivity contribution in [3.8, 4) is 28.3 Å². The number of anilines is 1. The van der Waals surface area contributed by atoms with Crippen LogP contribution in [0.5, 0.6) is 5.75 Å². The monoisotopic (exact) mass is 497 g/mol. The first kappa shape index (κ1) is 24.9. The molecule has 8 nitrogen and oxygen atoms in total. The van der Waals surface area contributed by atoms with Crippen LogP contribution in [-0.2, 0) is 15.9 Å². The highest BCUT2D eigenvalue weighted by molar-refractivity contribution is 7.13. The maximum absolute atomic E-state index is 12.9. The molecule has 1 atom stereocenters. The Morgan fingerprint density at radius 2 is 2.06 bits per heavy atom. The van der Waals surface area contributed by atoms with Crippen molar-refractivity contribution in [2.24, 2.45) is 5.92 Å². The van der Waals surface area contributed by atoms with E-state index >= 15 is 0 Å². The highest BCUT2D eigenvalue weighted by Crippen LogP contribution is 2.43. The quantitative estimate of drug-likeness (QED) is 0.341. The Bertz CT molecular complexity index is 1280. The van der Waals surface area contributed by atoms with Gasteiger partial charge in [0.15, 0.2) is 10.6 Å². The summed E-state index contributed by atoms with van der Waals surface area (Å²) in [6.45, 7) is 7.32. The van der Waals surface area contributed by atoms with E-state index < -0.39 is 5.97 Å². The summed E-state index contributed by atoms with van der Waals surface area (Å²) >= 11 is 1.36. The van der Waals surface area contributed by atoms with Gasteiger partial charge in [0.1, 0.15) is 11.3 Å². The van der Waals surface area contributed by atoms with Crippen molar-refractivity contribution >= 4 is 22.4 Å². The summed E-state index contributed by atoms with van der Waals surface area (Å²) in [5.74, 6) is 0.398. The van der Waals surface area contributed by atoms with E-state index in [9.17, 15) is 9.59 Å². The second-order valence-electron chi connectivity index (χ2n) is 8.85. The van der Waals surface area contributed by atoms with Crippen LogP contribution in [0.1, 0.15) is 49.2 Å². The van der Waals surface area contributed by atoms with Crippen molar-refractivity contribution < 1.29 is 19.0 Å². The number of nitrogen functional groups attached to an aromatic ring is 1. The summed E-state index contributed by atoms with van der Waals surface area (Å²) in [5.41, 5.74) is 9.91. The number of esters is 1. The number of benzene rings is 1. The van der Waals surface area contributed by atoms with Gasteiger partial charge < -0.3 is 24.5 Å². The lowest BCUT2D eigenvalue weighted by atomic mass is 9.86. The van der Waals surface area contributed by atoms with Crippen LogP contribution in [0.3, 0.4) is 0 Å². The molecule has 2 N–H and O–H groups in total. The largest absolute Gasteiger partial charge is 0.493 e. The lowest BCUT2D eigenvalue weighted by molar-refractivity contribution is 0.0523. The predicted molar refractivity (Wildman–Crippen MR) is 137 cm³/mol. The number of nitrogens with two attached hydrogens (primary N) is 1. The number of carbonyl (C=O) groups excluding carboxylic acids is 1. The van der Waals surface area contributed by atoms with Crippen LogP contribution in [0.4, 0.5) is 5.13 Å². The first-order chi connectivity index (χ1) is 16.8. The van der Waals surface area contributed by atoms with E-state index in [1.54, 1.807) is 20.2 Å². The van der Waals surface area contributed by atoms with E-state index in [-0.39, 0.29) is 29.6 Å². The minimum Gasteiger partial charge on any atom is -0.493 e. The molecule has 2 aromatic heterocycles. The average Bonchev–Trinajstić information content (AvgIpc) is 3.26. The summed E-state index contributed by atoms with van der Waals surface area (Å²) in [6, 6.07) is 5.67. The molecule has 0 fully saturated rings. The Balaban J connectivity index is 1.87. The lowest BCUT2D eigenvalue weighted by Crippen LogP contribution is -2.28.